The molecule has 0 N–H and O–H groups in total. The third-order valence-corrected chi connectivity index (χ3v) is 4.26. The van der Waals surface area contributed by atoms with E-state index in [4.69, 9.17) is 16.0 Å². The minimum atomic E-state index is -3.67. The van der Waals surface area contributed by atoms with Crippen LogP contribution in [0.1, 0.15) is 24.3 Å². The molecule has 0 fully saturated rings. The Morgan fingerprint density at radius 2 is 2.28 bits per heavy atom. The van der Waals surface area contributed by atoms with Crippen LogP contribution in [0.25, 0.3) is 0 Å². The van der Waals surface area contributed by atoms with Crippen molar-refractivity contribution in [2.45, 2.75) is 19.1 Å². The number of hydrogen-bond acceptors (Lipinski definition) is 6. The van der Waals surface area contributed by atoms with Gasteiger partial charge in [-0.05, 0) is 12.8 Å². The molecule has 0 aliphatic rings. The monoisotopic (exact) mass is 295 g/mol. The first kappa shape index (κ1) is 15.0. The summed E-state index contributed by atoms with van der Waals surface area (Å²) >= 11 is 5.55. The lowest BCUT2D eigenvalue weighted by molar-refractivity contribution is 0.0519. The molecular weight excluding hydrogens is 282 g/mol. The average Bonchev–Trinajstić information content (AvgIpc) is 2.78. The highest BCUT2D eigenvalue weighted by Gasteiger charge is 2.25. The molecule has 1 rings (SSSR count). The number of carbonyl (C=O) groups is 1. The number of hydrogen-bond donors (Lipinski definition) is 0. The van der Waals surface area contributed by atoms with Crippen molar-refractivity contribution in [3.63, 3.8) is 0 Å². The summed E-state index contributed by atoms with van der Waals surface area (Å²) in [6, 6.07) is 0. The van der Waals surface area contributed by atoms with Crippen molar-refractivity contribution >= 4 is 27.4 Å². The molecule has 1 heterocycles. The summed E-state index contributed by atoms with van der Waals surface area (Å²) in [5, 5.41) is -0.484. The molecule has 0 bridgehead atoms. The maximum absolute atomic E-state index is 11.8. The van der Waals surface area contributed by atoms with Crippen molar-refractivity contribution in [1.82, 2.24) is 4.98 Å². The summed E-state index contributed by atoms with van der Waals surface area (Å²) in [5.74, 6) is -0.910. The van der Waals surface area contributed by atoms with Gasteiger partial charge in [-0.1, -0.05) is 6.92 Å². The molecular formula is C10H14ClNO5S. The molecule has 0 aromatic carbocycles. The first-order valence-electron chi connectivity index (χ1n) is 5.32. The number of ether oxygens (including phenoxy) is 1. The van der Waals surface area contributed by atoms with Crippen LogP contribution in [-0.4, -0.2) is 37.6 Å². The topological polar surface area (TPSA) is 86.5 Å². The van der Waals surface area contributed by atoms with Crippen molar-refractivity contribution < 1.29 is 22.4 Å². The van der Waals surface area contributed by atoms with Crippen LogP contribution in [0.2, 0.25) is 0 Å². The molecule has 1 aromatic rings. The Kier molecular flexibility index (Phi) is 5.15. The Hall–Kier alpha value is -1.08. The molecule has 0 radical (unpaired) electrons. The number of halogens is 1. The van der Waals surface area contributed by atoms with Gasteiger partial charge in [-0.15, -0.1) is 11.6 Å². The van der Waals surface area contributed by atoms with Gasteiger partial charge in [0.2, 0.25) is 9.84 Å². The highest BCUT2D eigenvalue weighted by Crippen LogP contribution is 2.15. The fraction of sp³-hybridized carbons (Fsp3) is 0.600. The average molecular weight is 296 g/mol. The van der Waals surface area contributed by atoms with E-state index in [1.807, 2.05) is 0 Å². The number of alkyl halides is 1. The van der Waals surface area contributed by atoms with E-state index in [1.165, 1.54) is 0 Å². The van der Waals surface area contributed by atoms with Gasteiger partial charge in [0.05, 0.1) is 12.4 Å². The lowest BCUT2D eigenvalue weighted by Gasteiger charge is -2.04. The van der Waals surface area contributed by atoms with Crippen LogP contribution in [0.15, 0.2) is 15.9 Å². The Bertz CT molecular complexity index is 510. The summed E-state index contributed by atoms with van der Waals surface area (Å²) < 4.78 is 33.1. The SMILES string of the molecule is CCOC(=O)c1coc(S(=O)(=O)CC(C)CCl)n1. The molecule has 0 amide bonds. The zero-order valence-electron chi connectivity index (χ0n) is 10.1. The molecule has 1 unspecified atom stereocenters. The molecule has 0 saturated heterocycles. The van der Waals surface area contributed by atoms with Crippen LogP contribution in [0, 0.1) is 5.92 Å². The standard InChI is InChI=1S/C10H14ClNO5S/c1-3-16-9(13)8-5-17-10(12-8)18(14,15)6-7(2)4-11/h5,7H,3-4,6H2,1-2H3. The van der Waals surface area contributed by atoms with Gasteiger partial charge in [0.25, 0.3) is 0 Å². The fourth-order valence-electron chi connectivity index (χ4n) is 1.19. The number of rotatable bonds is 6. The molecule has 8 heteroatoms. The molecule has 0 saturated carbocycles. The maximum atomic E-state index is 11.8. The quantitative estimate of drug-likeness (QED) is 0.584. The second kappa shape index (κ2) is 6.19. The van der Waals surface area contributed by atoms with Crippen molar-refractivity contribution in [2.75, 3.05) is 18.2 Å². The smallest absolute Gasteiger partial charge is 0.360 e. The van der Waals surface area contributed by atoms with E-state index in [0.29, 0.717) is 0 Å². The number of aromatic nitrogens is 1. The Morgan fingerprint density at radius 3 is 2.83 bits per heavy atom. The zero-order valence-corrected chi connectivity index (χ0v) is 11.6. The van der Waals surface area contributed by atoms with E-state index >= 15 is 0 Å². The maximum Gasteiger partial charge on any atom is 0.360 e. The number of oxazole rings is 1. The van der Waals surface area contributed by atoms with Crippen LogP contribution < -0.4 is 0 Å². The summed E-state index contributed by atoms with van der Waals surface area (Å²) in [5.41, 5.74) is -0.158. The van der Waals surface area contributed by atoms with Crippen LogP contribution in [0.5, 0.6) is 0 Å². The highest BCUT2D eigenvalue weighted by molar-refractivity contribution is 7.91. The molecule has 1 aromatic heterocycles. The Morgan fingerprint density at radius 1 is 1.61 bits per heavy atom. The summed E-state index contributed by atoms with van der Waals surface area (Å²) in [4.78, 5) is 14.9. The van der Waals surface area contributed by atoms with Crippen LogP contribution in [0.3, 0.4) is 0 Å². The van der Waals surface area contributed by atoms with Crippen molar-refractivity contribution in [3.8, 4) is 0 Å². The second-order valence-corrected chi connectivity index (χ2v) is 5.98. The van der Waals surface area contributed by atoms with Crippen molar-refractivity contribution in [1.29, 1.82) is 0 Å². The minimum Gasteiger partial charge on any atom is -0.461 e. The predicted molar refractivity (Wildman–Crippen MR) is 64.4 cm³/mol. The molecule has 1 atom stereocenters. The largest absolute Gasteiger partial charge is 0.461 e. The van der Waals surface area contributed by atoms with Crippen molar-refractivity contribution in [3.05, 3.63) is 12.0 Å². The van der Waals surface area contributed by atoms with E-state index in [-0.39, 0.29) is 29.9 Å². The summed E-state index contributed by atoms with van der Waals surface area (Å²) in [7, 11) is -3.67. The van der Waals surface area contributed by atoms with Gasteiger partial charge in [-0.3, -0.25) is 0 Å². The minimum absolute atomic E-state index is 0.158. The first-order valence-corrected chi connectivity index (χ1v) is 7.50. The molecule has 0 aliphatic carbocycles. The van der Waals surface area contributed by atoms with Crippen LogP contribution in [-0.2, 0) is 14.6 Å². The number of esters is 1. The predicted octanol–water partition coefficient (Wildman–Crippen LogP) is 1.50. The van der Waals surface area contributed by atoms with Gasteiger partial charge in [-0.25, -0.2) is 13.2 Å². The van der Waals surface area contributed by atoms with E-state index in [0.717, 1.165) is 6.26 Å². The second-order valence-electron chi connectivity index (χ2n) is 3.76. The molecule has 18 heavy (non-hydrogen) atoms. The third kappa shape index (κ3) is 3.71. The van der Waals surface area contributed by atoms with Gasteiger partial charge >= 0.3 is 11.2 Å². The molecule has 0 aliphatic heterocycles. The van der Waals surface area contributed by atoms with Crippen molar-refractivity contribution in [2.24, 2.45) is 5.92 Å². The van der Waals surface area contributed by atoms with Crippen LogP contribution in [0.4, 0.5) is 0 Å². The third-order valence-electron chi connectivity index (χ3n) is 2.00. The normalized spacial score (nSPS) is 13.3. The number of nitrogens with zero attached hydrogens (tertiary/aromatic N) is 1. The van der Waals surface area contributed by atoms with Gasteiger partial charge in [0.1, 0.15) is 6.26 Å². The van der Waals surface area contributed by atoms with E-state index < -0.39 is 21.0 Å². The summed E-state index contributed by atoms with van der Waals surface area (Å²) in [6.45, 7) is 3.51. The molecule has 0 spiro atoms. The lowest BCUT2D eigenvalue weighted by atomic mass is 10.3. The molecule has 102 valence electrons. The van der Waals surface area contributed by atoms with Gasteiger partial charge in [-0.2, -0.15) is 4.98 Å². The molecule has 6 nitrogen and oxygen atoms in total. The number of sulfone groups is 1. The fourth-order valence-corrected chi connectivity index (χ4v) is 2.87. The van der Waals surface area contributed by atoms with Gasteiger partial charge in [0, 0.05) is 5.88 Å². The lowest BCUT2D eigenvalue weighted by Crippen LogP contribution is -2.16. The van der Waals surface area contributed by atoms with Gasteiger partial charge < -0.3 is 9.15 Å². The van der Waals surface area contributed by atoms with E-state index in [2.05, 4.69) is 9.72 Å². The van der Waals surface area contributed by atoms with Crippen LogP contribution >= 0.6 is 11.6 Å². The number of carbonyl (C=O) groups excluding carboxylic acids is 1. The first-order chi connectivity index (χ1) is 8.40. The zero-order chi connectivity index (χ0) is 13.8. The van der Waals surface area contributed by atoms with E-state index in [9.17, 15) is 13.2 Å². The summed E-state index contributed by atoms with van der Waals surface area (Å²) in [6.07, 6.45) is 0.968. The van der Waals surface area contributed by atoms with E-state index in [1.54, 1.807) is 13.8 Å². The highest BCUT2D eigenvalue weighted by atomic mass is 35.5. The Balaban J connectivity index is 2.88. The Labute approximate surface area is 110 Å². The van der Waals surface area contributed by atoms with Gasteiger partial charge in [0.15, 0.2) is 5.69 Å².